The molecule has 72 valence electrons. The van der Waals surface area contributed by atoms with Gasteiger partial charge >= 0.3 is 0 Å². The second-order valence-corrected chi connectivity index (χ2v) is 3.75. The van der Waals surface area contributed by atoms with Gasteiger partial charge in [0, 0.05) is 0 Å². The first-order valence-corrected chi connectivity index (χ1v) is 4.99. The van der Waals surface area contributed by atoms with Crippen molar-refractivity contribution in [3.05, 3.63) is 34.5 Å². The summed E-state index contributed by atoms with van der Waals surface area (Å²) in [7, 11) is 0. The van der Waals surface area contributed by atoms with Gasteiger partial charge in [0.2, 0.25) is 0 Å². The fraction of sp³-hybridized carbons (Fsp3) is 0.222. The standard InChI is InChI=1S/C9H9BrN4/c1-6-11-7(2)14(13-6)9-5-3-4-8(10)12-9/h3-5H,1-2H3. The Morgan fingerprint density at radius 2 is 2.00 bits per heavy atom. The summed E-state index contributed by atoms with van der Waals surface area (Å²) in [5.74, 6) is 2.37. The minimum absolute atomic E-state index is 0.754. The van der Waals surface area contributed by atoms with Crippen LogP contribution in [0, 0.1) is 13.8 Å². The molecule has 0 aromatic carbocycles. The van der Waals surface area contributed by atoms with Gasteiger partial charge in [0.15, 0.2) is 5.82 Å². The second kappa shape index (κ2) is 3.49. The van der Waals surface area contributed by atoms with Crippen LogP contribution in [0.15, 0.2) is 22.8 Å². The van der Waals surface area contributed by atoms with Crippen LogP contribution < -0.4 is 0 Å². The van der Waals surface area contributed by atoms with E-state index in [9.17, 15) is 0 Å². The predicted molar refractivity (Wildman–Crippen MR) is 56.3 cm³/mol. The fourth-order valence-corrected chi connectivity index (χ4v) is 1.59. The lowest BCUT2D eigenvalue weighted by molar-refractivity contribution is 0.801. The van der Waals surface area contributed by atoms with Crippen LogP contribution in [0.1, 0.15) is 11.6 Å². The number of pyridine rings is 1. The molecule has 0 aliphatic rings. The smallest absolute Gasteiger partial charge is 0.156 e. The monoisotopic (exact) mass is 252 g/mol. The van der Waals surface area contributed by atoms with Crippen LogP contribution in [0.5, 0.6) is 0 Å². The summed E-state index contributed by atoms with van der Waals surface area (Å²) >= 11 is 3.32. The SMILES string of the molecule is Cc1nc(C)n(-c2cccc(Br)n2)n1. The van der Waals surface area contributed by atoms with Crippen molar-refractivity contribution in [3.8, 4) is 5.82 Å². The Morgan fingerprint density at radius 1 is 1.21 bits per heavy atom. The average Bonchev–Trinajstić information content (AvgIpc) is 2.45. The quantitative estimate of drug-likeness (QED) is 0.730. The molecule has 2 aromatic heterocycles. The van der Waals surface area contributed by atoms with E-state index >= 15 is 0 Å². The van der Waals surface area contributed by atoms with Crippen molar-refractivity contribution < 1.29 is 0 Å². The Labute approximate surface area is 90.1 Å². The molecule has 2 rings (SSSR count). The lowest BCUT2D eigenvalue weighted by Gasteiger charge is -2.01. The molecule has 0 amide bonds. The Kier molecular flexibility index (Phi) is 2.33. The van der Waals surface area contributed by atoms with Gasteiger partial charge in [-0.1, -0.05) is 6.07 Å². The van der Waals surface area contributed by atoms with E-state index in [0.717, 1.165) is 22.1 Å². The van der Waals surface area contributed by atoms with Gasteiger partial charge in [-0.15, -0.1) is 5.10 Å². The Balaban J connectivity index is 2.54. The van der Waals surface area contributed by atoms with E-state index in [4.69, 9.17) is 0 Å². The number of halogens is 1. The molecule has 14 heavy (non-hydrogen) atoms. The molecule has 0 bridgehead atoms. The van der Waals surface area contributed by atoms with Gasteiger partial charge in [-0.05, 0) is 41.9 Å². The van der Waals surface area contributed by atoms with E-state index in [1.165, 1.54) is 0 Å². The van der Waals surface area contributed by atoms with Gasteiger partial charge in [-0.25, -0.2) is 9.97 Å². The van der Waals surface area contributed by atoms with Gasteiger partial charge in [0.25, 0.3) is 0 Å². The molecule has 2 aromatic rings. The molecule has 2 heterocycles. The number of aryl methyl sites for hydroxylation is 2. The third-order valence-electron chi connectivity index (χ3n) is 1.79. The zero-order valence-electron chi connectivity index (χ0n) is 7.90. The van der Waals surface area contributed by atoms with Crippen LogP contribution >= 0.6 is 15.9 Å². The maximum atomic E-state index is 4.29. The lowest BCUT2D eigenvalue weighted by Crippen LogP contribution is -2.01. The van der Waals surface area contributed by atoms with Crippen LogP contribution in [-0.2, 0) is 0 Å². The van der Waals surface area contributed by atoms with Crippen molar-refractivity contribution in [2.75, 3.05) is 0 Å². The second-order valence-electron chi connectivity index (χ2n) is 2.94. The molecule has 0 N–H and O–H groups in total. The highest BCUT2D eigenvalue weighted by Gasteiger charge is 2.05. The number of rotatable bonds is 1. The zero-order chi connectivity index (χ0) is 10.1. The first kappa shape index (κ1) is 9.33. The third kappa shape index (κ3) is 1.68. The molecule has 0 spiro atoms. The van der Waals surface area contributed by atoms with Crippen molar-refractivity contribution in [1.82, 2.24) is 19.7 Å². The molecule has 0 atom stereocenters. The van der Waals surface area contributed by atoms with Crippen LogP contribution in [0.3, 0.4) is 0 Å². The summed E-state index contributed by atoms with van der Waals surface area (Å²) in [6.45, 7) is 3.77. The predicted octanol–water partition coefficient (Wildman–Crippen LogP) is 2.04. The van der Waals surface area contributed by atoms with E-state index < -0.39 is 0 Å². The van der Waals surface area contributed by atoms with E-state index in [-0.39, 0.29) is 0 Å². The highest BCUT2D eigenvalue weighted by atomic mass is 79.9. The van der Waals surface area contributed by atoms with E-state index in [0.29, 0.717) is 0 Å². The fourth-order valence-electron chi connectivity index (χ4n) is 1.25. The van der Waals surface area contributed by atoms with Gasteiger partial charge in [-0.3, -0.25) is 0 Å². The Bertz CT molecular complexity index is 464. The molecular weight excluding hydrogens is 244 g/mol. The molecule has 0 saturated heterocycles. The Morgan fingerprint density at radius 3 is 2.57 bits per heavy atom. The van der Waals surface area contributed by atoms with Gasteiger partial charge in [0.1, 0.15) is 16.3 Å². The third-order valence-corrected chi connectivity index (χ3v) is 2.23. The van der Waals surface area contributed by atoms with Crippen molar-refractivity contribution in [1.29, 1.82) is 0 Å². The van der Waals surface area contributed by atoms with E-state index in [1.54, 1.807) is 4.68 Å². The minimum atomic E-state index is 0.754. The first-order valence-electron chi connectivity index (χ1n) is 4.20. The molecule has 0 radical (unpaired) electrons. The van der Waals surface area contributed by atoms with Crippen LogP contribution in [0.4, 0.5) is 0 Å². The zero-order valence-corrected chi connectivity index (χ0v) is 9.48. The number of aromatic nitrogens is 4. The minimum Gasteiger partial charge on any atom is -0.222 e. The van der Waals surface area contributed by atoms with Crippen molar-refractivity contribution in [2.24, 2.45) is 0 Å². The summed E-state index contributed by atoms with van der Waals surface area (Å²) in [5, 5.41) is 4.24. The summed E-state index contributed by atoms with van der Waals surface area (Å²) in [6.07, 6.45) is 0. The summed E-state index contributed by atoms with van der Waals surface area (Å²) in [6, 6.07) is 5.69. The molecule has 0 fully saturated rings. The summed E-state index contributed by atoms with van der Waals surface area (Å²) in [5.41, 5.74) is 0. The molecule has 0 unspecified atom stereocenters. The maximum Gasteiger partial charge on any atom is 0.156 e. The van der Waals surface area contributed by atoms with Crippen molar-refractivity contribution >= 4 is 15.9 Å². The van der Waals surface area contributed by atoms with Crippen LogP contribution in [-0.4, -0.2) is 19.7 Å². The summed E-state index contributed by atoms with van der Waals surface area (Å²) < 4.78 is 2.52. The van der Waals surface area contributed by atoms with Crippen LogP contribution in [0.2, 0.25) is 0 Å². The molecule has 0 aliphatic heterocycles. The molecule has 4 nitrogen and oxygen atoms in total. The largest absolute Gasteiger partial charge is 0.222 e. The number of nitrogens with zero attached hydrogens (tertiary/aromatic N) is 4. The number of hydrogen-bond acceptors (Lipinski definition) is 3. The summed E-state index contributed by atoms with van der Waals surface area (Å²) in [4.78, 5) is 8.51. The van der Waals surface area contributed by atoms with Crippen LogP contribution in [0.25, 0.3) is 5.82 Å². The highest BCUT2D eigenvalue weighted by Crippen LogP contribution is 2.10. The molecular formula is C9H9BrN4. The van der Waals surface area contributed by atoms with E-state index in [1.807, 2.05) is 32.0 Å². The number of hydrogen-bond donors (Lipinski definition) is 0. The topological polar surface area (TPSA) is 43.6 Å². The average molecular weight is 253 g/mol. The van der Waals surface area contributed by atoms with Crippen molar-refractivity contribution in [3.63, 3.8) is 0 Å². The first-order chi connectivity index (χ1) is 6.66. The van der Waals surface area contributed by atoms with Crippen molar-refractivity contribution in [2.45, 2.75) is 13.8 Å². The van der Waals surface area contributed by atoms with Gasteiger partial charge in [0.05, 0.1) is 0 Å². The normalized spacial score (nSPS) is 10.5. The molecule has 0 saturated carbocycles. The molecule has 5 heteroatoms. The highest BCUT2D eigenvalue weighted by molar-refractivity contribution is 9.10. The molecule has 0 aliphatic carbocycles. The Hall–Kier alpha value is -1.23. The van der Waals surface area contributed by atoms with Gasteiger partial charge in [-0.2, -0.15) is 4.68 Å². The van der Waals surface area contributed by atoms with Gasteiger partial charge < -0.3 is 0 Å². The lowest BCUT2D eigenvalue weighted by atomic mass is 10.4. The van der Waals surface area contributed by atoms with E-state index in [2.05, 4.69) is 31.0 Å². The maximum absolute atomic E-state index is 4.29.